The Labute approximate surface area is 84.8 Å². The van der Waals surface area contributed by atoms with E-state index in [0.717, 1.165) is 0 Å². The molecule has 0 fully saturated rings. The molecule has 0 aliphatic heterocycles. The molecule has 1 atom stereocenters. The van der Waals surface area contributed by atoms with Crippen molar-refractivity contribution in [2.24, 2.45) is 5.73 Å². The van der Waals surface area contributed by atoms with Gasteiger partial charge in [-0.2, -0.15) is 11.8 Å². The molecule has 0 aromatic rings. The van der Waals surface area contributed by atoms with Gasteiger partial charge in [0.1, 0.15) is 5.54 Å². The van der Waals surface area contributed by atoms with Crippen LogP contribution in [0.25, 0.3) is 0 Å². The van der Waals surface area contributed by atoms with E-state index in [-0.39, 0.29) is 10.7 Å². The van der Waals surface area contributed by atoms with Gasteiger partial charge in [0.2, 0.25) is 5.91 Å². The predicted octanol–water partition coefficient (Wildman–Crippen LogP) is 0.981. The Balaban J connectivity index is 4.22. The maximum Gasteiger partial charge on any atom is 0.238 e. The van der Waals surface area contributed by atoms with E-state index in [1.165, 1.54) is 0 Å². The summed E-state index contributed by atoms with van der Waals surface area (Å²) in [6.45, 7) is 8.19. The van der Waals surface area contributed by atoms with Crippen molar-refractivity contribution in [3.05, 3.63) is 0 Å². The molecule has 0 rings (SSSR count). The number of hydrogen-bond acceptors (Lipinski definition) is 3. The molecule has 0 saturated carbocycles. The molecule has 0 saturated heterocycles. The molecule has 0 heterocycles. The topological polar surface area (TPSA) is 55.1 Å². The molecular weight excluding hydrogens is 184 g/mol. The fraction of sp³-hybridized carbons (Fsp3) is 0.889. The predicted molar refractivity (Wildman–Crippen MR) is 58.9 cm³/mol. The summed E-state index contributed by atoms with van der Waals surface area (Å²) in [5.41, 5.74) is 4.70. The molecule has 0 aromatic heterocycles. The smallest absolute Gasteiger partial charge is 0.238 e. The van der Waals surface area contributed by atoms with Gasteiger partial charge in [0.05, 0.1) is 0 Å². The van der Waals surface area contributed by atoms with Crippen LogP contribution in [0.3, 0.4) is 0 Å². The number of primary amides is 1. The summed E-state index contributed by atoms with van der Waals surface area (Å²) >= 11 is 1.73. The maximum atomic E-state index is 11.1. The third kappa shape index (κ3) is 4.52. The van der Waals surface area contributed by atoms with Crippen LogP contribution in [0.1, 0.15) is 27.7 Å². The van der Waals surface area contributed by atoms with Crippen LogP contribution in [0.15, 0.2) is 0 Å². The second-order valence-electron chi connectivity index (χ2n) is 4.35. The lowest BCUT2D eigenvalue weighted by atomic mass is 10.1. The van der Waals surface area contributed by atoms with Gasteiger partial charge in [0.25, 0.3) is 0 Å². The van der Waals surface area contributed by atoms with E-state index in [4.69, 9.17) is 5.73 Å². The SMILES string of the molecule is CNC(C)(CSC(C)(C)C)C(N)=O. The van der Waals surface area contributed by atoms with Crippen molar-refractivity contribution in [1.29, 1.82) is 0 Å². The van der Waals surface area contributed by atoms with Gasteiger partial charge in [-0.3, -0.25) is 4.79 Å². The molecule has 0 radical (unpaired) electrons. The van der Waals surface area contributed by atoms with Gasteiger partial charge in [-0.05, 0) is 14.0 Å². The molecule has 3 N–H and O–H groups in total. The van der Waals surface area contributed by atoms with Crippen molar-refractivity contribution < 1.29 is 4.79 Å². The number of thioether (sulfide) groups is 1. The van der Waals surface area contributed by atoms with Crippen LogP contribution in [-0.4, -0.2) is 29.0 Å². The van der Waals surface area contributed by atoms with Crippen molar-refractivity contribution in [2.75, 3.05) is 12.8 Å². The van der Waals surface area contributed by atoms with Gasteiger partial charge in [-0.15, -0.1) is 0 Å². The van der Waals surface area contributed by atoms with Gasteiger partial charge in [0, 0.05) is 10.5 Å². The van der Waals surface area contributed by atoms with E-state index >= 15 is 0 Å². The standard InChI is InChI=1S/C9H20N2OS/c1-8(2,3)13-6-9(4,11-5)7(10)12/h11H,6H2,1-5H3,(H2,10,12). The van der Waals surface area contributed by atoms with E-state index < -0.39 is 5.54 Å². The summed E-state index contributed by atoms with van der Waals surface area (Å²) < 4.78 is 0.160. The van der Waals surface area contributed by atoms with Crippen molar-refractivity contribution in [3.8, 4) is 0 Å². The number of carbonyl (C=O) groups is 1. The zero-order chi connectivity index (χ0) is 10.7. The highest BCUT2D eigenvalue weighted by molar-refractivity contribution is 8.00. The first-order chi connectivity index (χ1) is 5.71. The van der Waals surface area contributed by atoms with Gasteiger partial charge < -0.3 is 11.1 Å². The molecule has 0 aliphatic carbocycles. The zero-order valence-corrected chi connectivity index (χ0v) is 9.92. The number of hydrogen-bond donors (Lipinski definition) is 2. The second kappa shape index (κ2) is 4.33. The summed E-state index contributed by atoms with van der Waals surface area (Å²) in [6.07, 6.45) is 0. The first kappa shape index (κ1) is 12.8. The van der Waals surface area contributed by atoms with Crippen LogP contribution in [0.4, 0.5) is 0 Å². The Kier molecular flexibility index (Phi) is 4.26. The average molecular weight is 204 g/mol. The Bertz CT molecular complexity index is 189. The van der Waals surface area contributed by atoms with Crippen molar-refractivity contribution in [1.82, 2.24) is 5.32 Å². The largest absolute Gasteiger partial charge is 0.368 e. The van der Waals surface area contributed by atoms with Crippen LogP contribution in [0.5, 0.6) is 0 Å². The van der Waals surface area contributed by atoms with Crippen LogP contribution in [-0.2, 0) is 4.79 Å². The number of likely N-dealkylation sites (N-methyl/N-ethyl adjacent to an activating group) is 1. The molecular formula is C9H20N2OS. The monoisotopic (exact) mass is 204 g/mol. The first-order valence-electron chi connectivity index (χ1n) is 4.34. The Morgan fingerprint density at radius 3 is 2.08 bits per heavy atom. The molecule has 0 spiro atoms. The van der Waals surface area contributed by atoms with E-state index in [0.29, 0.717) is 5.75 Å². The van der Waals surface area contributed by atoms with Crippen LogP contribution >= 0.6 is 11.8 Å². The number of nitrogens with two attached hydrogens (primary N) is 1. The molecule has 1 unspecified atom stereocenters. The molecule has 3 nitrogen and oxygen atoms in total. The molecule has 13 heavy (non-hydrogen) atoms. The quantitative estimate of drug-likeness (QED) is 0.718. The second-order valence-corrected chi connectivity index (χ2v) is 6.15. The summed E-state index contributed by atoms with van der Waals surface area (Å²) in [7, 11) is 1.76. The summed E-state index contributed by atoms with van der Waals surface area (Å²) in [4.78, 5) is 11.1. The third-order valence-electron chi connectivity index (χ3n) is 1.89. The average Bonchev–Trinajstić information content (AvgIpc) is 1.98. The number of rotatable bonds is 4. The Hall–Kier alpha value is -0.220. The van der Waals surface area contributed by atoms with Crippen LogP contribution in [0.2, 0.25) is 0 Å². The first-order valence-corrected chi connectivity index (χ1v) is 5.32. The Morgan fingerprint density at radius 1 is 1.38 bits per heavy atom. The van der Waals surface area contributed by atoms with E-state index in [9.17, 15) is 4.79 Å². The number of amides is 1. The summed E-state index contributed by atoms with van der Waals surface area (Å²) in [5, 5.41) is 2.96. The highest BCUT2D eigenvalue weighted by atomic mass is 32.2. The van der Waals surface area contributed by atoms with Crippen molar-refractivity contribution in [3.63, 3.8) is 0 Å². The molecule has 78 valence electrons. The molecule has 0 aromatic carbocycles. The van der Waals surface area contributed by atoms with Crippen molar-refractivity contribution in [2.45, 2.75) is 38.0 Å². The maximum absolute atomic E-state index is 11.1. The van der Waals surface area contributed by atoms with Gasteiger partial charge in [-0.1, -0.05) is 20.8 Å². The van der Waals surface area contributed by atoms with E-state index in [1.807, 2.05) is 6.92 Å². The lowest BCUT2D eigenvalue weighted by Crippen LogP contribution is -2.54. The van der Waals surface area contributed by atoms with E-state index in [2.05, 4.69) is 26.1 Å². The molecule has 1 amide bonds. The fourth-order valence-electron chi connectivity index (χ4n) is 0.627. The highest BCUT2D eigenvalue weighted by Gasteiger charge is 2.30. The highest BCUT2D eigenvalue weighted by Crippen LogP contribution is 2.26. The number of carbonyl (C=O) groups excluding carboxylic acids is 1. The minimum atomic E-state index is -0.599. The lowest BCUT2D eigenvalue weighted by Gasteiger charge is -2.28. The summed E-state index contributed by atoms with van der Waals surface area (Å²) in [5.74, 6) is 0.397. The van der Waals surface area contributed by atoms with E-state index in [1.54, 1.807) is 18.8 Å². The lowest BCUT2D eigenvalue weighted by molar-refractivity contribution is -0.122. The molecule has 0 aliphatic rings. The minimum Gasteiger partial charge on any atom is -0.368 e. The van der Waals surface area contributed by atoms with Crippen LogP contribution < -0.4 is 11.1 Å². The summed E-state index contributed by atoms with van der Waals surface area (Å²) in [6, 6.07) is 0. The van der Waals surface area contributed by atoms with Gasteiger partial charge in [-0.25, -0.2) is 0 Å². The third-order valence-corrected chi connectivity index (χ3v) is 3.48. The van der Waals surface area contributed by atoms with Crippen molar-refractivity contribution >= 4 is 17.7 Å². The van der Waals surface area contributed by atoms with Gasteiger partial charge in [0.15, 0.2) is 0 Å². The normalized spacial score (nSPS) is 16.7. The Morgan fingerprint density at radius 2 is 1.85 bits per heavy atom. The fourth-order valence-corrected chi connectivity index (χ4v) is 1.64. The van der Waals surface area contributed by atoms with Gasteiger partial charge >= 0.3 is 0 Å². The number of nitrogens with one attached hydrogen (secondary N) is 1. The molecule has 0 bridgehead atoms. The minimum absolute atomic E-state index is 0.160. The zero-order valence-electron chi connectivity index (χ0n) is 9.10. The van der Waals surface area contributed by atoms with Crippen LogP contribution in [0, 0.1) is 0 Å². The molecule has 4 heteroatoms.